The van der Waals surface area contributed by atoms with Gasteiger partial charge in [0.05, 0.1) is 11.6 Å². The Bertz CT molecular complexity index is 397. The van der Waals surface area contributed by atoms with E-state index in [4.69, 9.17) is 10.1 Å². The third kappa shape index (κ3) is 3.82. The van der Waals surface area contributed by atoms with Crippen LogP contribution in [0.5, 0.6) is 0 Å². The van der Waals surface area contributed by atoms with Crippen LogP contribution in [0.4, 0.5) is 0 Å². The molecule has 1 radical (unpaired) electrons. The van der Waals surface area contributed by atoms with Gasteiger partial charge in [0.25, 0.3) is 0 Å². The van der Waals surface area contributed by atoms with Crippen molar-refractivity contribution in [1.82, 2.24) is 0 Å². The van der Waals surface area contributed by atoms with E-state index in [-0.39, 0.29) is 5.60 Å². The molecular weight excluding hydrogens is 188 g/mol. The highest BCUT2D eigenvalue weighted by atomic mass is 16.6. The monoisotopic (exact) mass is 201 g/mol. The molecule has 0 heterocycles. The maximum absolute atomic E-state index is 8.81. The molecule has 0 saturated heterocycles. The molecule has 0 fully saturated rings. The molecule has 3 heteroatoms. The van der Waals surface area contributed by atoms with Gasteiger partial charge in [0.15, 0.2) is 0 Å². The van der Waals surface area contributed by atoms with Crippen LogP contribution in [0.15, 0.2) is 29.4 Å². The van der Waals surface area contributed by atoms with Crippen molar-refractivity contribution in [2.75, 3.05) is 0 Å². The zero-order chi connectivity index (χ0) is 11.3. The fraction of sp³-hybridized carbons (Fsp3) is 0.333. The zero-order valence-electron chi connectivity index (χ0n) is 9.11. The fourth-order valence-corrected chi connectivity index (χ4v) is 0.887. The zero-order valence-corrected chi connectivity index (χ0v) is 9.11. The molecule has 15 heavy (non-hydrogen) atoms. The Morgan fingerprint density at radius 1 is 1.20 bits per heavy atom. The van der Waals surface area contributed by atoms with Crippen LogP contribution in [0, 0.1) is 11.3 Å². The average Bonchev–Trinajstić information content (AvgIpc) is 2.16. The molecular formula is C12H13N2O. The Labute approximate surface area is 90.0 Å². The van der Waals surface area contributed by atoms with E-state index < -0.39 is 0 Å². The van der Waals surface area contributed by atoms with Gasteiger partial charge in [-0.3, -0.25) is 0 Å². The lowest BCUT2D eigenvalue weighted by molar-refractivity contribution is 0.00199. The quantitative estimate of drug-likeness (QED) is 0.545. The van der Waals surface area contributed by atoms with Crippen molar-refractivity contribution in [2.24, 2.45) is 5.16 Å². The highest BCUT2D eigenvalue weighted by Crippen LogP contribution is 2.08. The predicted octanol–water partition coefficient (Wildman–Crippen LogP) is 2.58. The molecule has 3 nitrogen and oxygen atoms in total. The lowest BCUT2D eigenvalue weighted by Crippen LogP contribution is -2.15. The van der Waals surface area contributed by atoms with Gasteiger partial charge < -0.3 is 4.84 Å². The summed E-state index contributed by atoms with van der Waals surface area (Å²) in [6, 6.07) is 9.18. The molecule has 0 atom stereocenters. The Morgan fingerprint density at radius 3 is 2.33 bits per heavy atom. The molecule has 0 amide bonds. The summed E-state index contributed by atoms with van der Waals surface area (Å²) in [5.74, 6) is 0. The van der Waals surface area contributed by atoms with Crippen LogP contribution in [0.2, 0.25) is 0 Å². The molecule has 0 N–H and O–H groups in total. The minimum atomic E-state index is -0.339. The molecule has 0 aromatic heterocycles. The van der Waals surface area contributed by atoms with Gasteiger partial charge in [0, 0.05) is 5.56 Å². The summed E-state index contributed by atoms with van der Waals surface area (Å²) in [5, 5.41) is 12.5. The predicted molar refractivity (Wildman–Crippen MR) is 58.5 cm³/mol. The molecule has 0 bridgehead atoms. The second-order valence-corrected chi connectivity index (χ2v) is 4.06. The first-order valence-electron chi connectivity index (χ1n) is 4.66. The average molecular weight is 201 g/mol. The van der Waals surface area contributed by atoms with Crippen molar-refractivity contribution >= 4 is 6.21 Å². The maximum Gasteiger partial charge on any atom is 0.141 e. The second kappa shape index (κ2) is 4.61. The molecule has 0 aliphatic rings. The van der Waals surface area contributed by atoms with Crippen molar-refractivity contribution in [1.29, 1.82) is 5.26 Å². The summed E-state index contributed by atoms with van der Waals surface area (Å²) in [6.45, 7) is 5.69. The number of hydrogen-bond acceptors (Lipinski definition) is 3. The minimum Gasteiger partial charge on any atom is -0.390 e. The first kappa shape index (κ1) is 11.3. The van der Waals surface area contributed by atoms with E-state index in [2.05, 4.69) is 17.4 Å². The molecule has 0 aliphatic carbocycles. The van der Waals surface area contributed by atoms with Crippen LogP contribution < -0.4 is 0 Å². The normalized spacial score (nSPS) is 11.3. The fourth-order valence-electron chi connectivity index (χ4n) is 0.887. The highest BCUT2D eigenvalue weighted by molar-refractivity contribution is 5.82. The van der Waals surface area contributed by atoms with Crippen molar-refractivity contribution in [3.05, 3.63) is 35.4 Å². The van der Waals surface area contributed by atoms with Gasteiger partial charge in [-0.05, 0) is 26.8 Å². The largest absolute Gasteiger partial charge is 0.390 e. The van der Waals surface area contributed by atoms with Crippen LogP contribution >= 0.6 is 0 Å². The van der Waals surface area contributed by atoms with E-state index in [1.807, 2.05) is 26.8 Å². The van der Waals surface area contributed by atoms with Crippen molar-refractivity contribution in [3.63, 3.8) is 0 Å². The standard InChI is InChI=1S/C12H13N2O/c1-12(2,3)15-14-9-11-7-5-4-6-10(11)8-13/h4-7H,1-3H3. The highest BCUT2D eigenvalue weighted by Gasteiger charge is 2.09. The summed E-state index contributed by atoms with van der Waals surface area (Å²) < 4.78 is 0. The SMILES string of the molecule is CC(C)(C)O/N=[C]/c1ccccc1C#N. The van der Waals surface area contributed by atoms with E-state index >= 15 is 0 Å². The lowest BCUT2D eigenvalue weighted by Gasteiger charge is -2.14. The Morgan fingerprint density at radius 2 is 1.80 bits per heavy atom. The van der Waals surface area contributed by atoms with Gasteiger partial charge in [-0.1, -0.05) is 23.4 Å². The van der Waals surface area contributed by atoms with E-state index in [1.165, 1.54) is 0 Å². The van der Waals surface area contributed by atoms with Crippen LogP contribution in [-0.4, -0.2) is 11.8 Å². The number of rotatable bonds is 2. The molecule has 0 aliphatic heterocycles. The first-order valence-corrected chi connectivity index (χ1v) is 4.66. The summed E-state index contributed by atoms with van der Waals surface area (Å²) in [5.41, 5.74) is 0.845. The third-order valence-corrected chi connectivity index (χ3v) is 1.53. The lowest BCUT2D eigenvalue weighted by atomic mass is 10.1. The topological polar surface area (TPSA) is 45.4 Å². The number of nitrogens with zero attached hydrogens (tertiary/aromatic N) is 2. The smallest absolute Gasteiger partial charge is 0.141 e. The third-order valence-electron chi connectivity index (χ3n) is 1.53. The second-order valence-electron chi connectivity index (χ2n) is 4.06. The van der Waals surface area contributed by atoms with E-state index in [9.17, 15) is 0 Å². The van der Waals surface area contributed by atoms with Crippen LogP contribution in [0.25, 0.3) is 0 Å². The summed E-state index contributed by atoms with van der Waals surface area (Å²) >= 11 is 0. The minimum absolute atomic E-state index is 0.339. The van der Waals surface area contributed by atoms with Gasteiger partial charge in [0.1, 0.15) is 11.8 Å². The molecule has 1 aromatic carbocycles. The first-order chi connectivity index (χ1) is 7.03. The van der Waals surface area contributed by atoms with Crippen LogP contribution in [0.3, 0.4) is 0 Å². The summed E-state index contributed by atoms with van der Waals surface area (Å²) in [6.07, 6.45) is 2.70. The van der Waals surface area contributed by atoms with E-state index in [0.717, 1.165) is 0 Å². The van der Waals surface area contributed by atoms with Crippen LogP contribution in [-0.2, 0) is 4.84 Å². The summed E-state index contributed by atoms with van der Waals surface area (Å²) in [7, 11) is 0. The van der Waals surface area contributed by atoms with Crippen molar-refractivity contribution in [3.8, 4) is 6.07 Å². The van der Waals surface area contributed by atoms with E-state index in [0.29, 0.717) is 11.1 Å². The number of benzene rings is 1. The molecule has 77 valence electrons. The Kier molecular flexibility index (Phi) is 3.46. The molecule has 0 unspecified atom stereocenters. The summed E-state index contributed by atoms with van der Waals surface area (Å²) in [4.78, 5) is 5.14. The van der Waals surface area contributed by atoms with Gasteiger partial charge in [-0.15, -0.1) is 0 Å². The van der Waals surface area contributed by atoms with Gasteiger partial charge in [-0.2, -0.15) is 5.26 Å². The van der Waals surface area contributed by atoms with Crippen molar-refractivity contribution < 1.29 is 4.84 Å². The van der Waals surface area contributed by atoms with Crippen molar-refractivity contribution in [2.45, 2.75) is 26.4 Å². The maximum atomic E-state index is 8.81. The van der Waals surface area contributed by atoms with Gasteiger partial charge >= 0.3 is 0 Å². The molecule has 0 saturated carbocycles. The number of hydrogen-bond donors (Lipinski definition) is 0. The molecule has 0 spiro atoms. The molecule has 1 aromatic rings. The van der Waals surface area contributed by atoms with Gasteiger partial charge in [-0.25, -0.2) is 0 Å². The number of nitriles is 1. The van der Waals surface area contributed by atoms with Crippen LogP contribution in [0.1, 0.15) is 31.9 Å². The Hall–Kier alpha value is -1.82. The Balaban J connectivity index is 2.77. The van der Waals surface area contributed by atoms with Gasteiger partial charge in [0.2, 0.25) is 0 Å². The molecule has 1 rings (SSSR count). The van der Waals surface area contributed by atoms with E-state index in [1.54, 1.807) is 18.2 Å².